The van der Waals surface area contributed by atoms with Gasteiger partial charge in [-0.3, -0.25) is 27.6 Å². The van der Waals surface area contributed by atoms with Crippen LogP contribution in [-0.4, -0.2) is 132 Å². The molecule has 0 fully saturated rings. The molecule has 1 aromatic heterocycles. The van der Waals surface area contributed by atoms with Crippen molar-refractivity contribution in [1.29, 1.82) is 0 Å². The minimum absolute atomic E-state index is 0.0537. The third-order valence-electron chi connectivity index (χ3n) is 13.7. The van der Waals surface area contributed by atoms with E-state index in [0.29, 0.717) is 67.8 Å². The average molecular weight is 1230 g/mol. The number of hydrogen-bond acceptors (Lipinski definition) is 16. The monoisotopic (exact) mass is 1230 g/mol. The lowest BCUT2D eigenvalue weighted by Gasteiger charge is -2.30. The molecule has 438 valence electrons. The first-order valence-electron chi connectivity index (χ1n) is 24.7. The molecule has 79 heavy (non-hydrogen) atoms. The number of carbonyl (C=O) groups is 1. The summed E-state index contributed by atoms with van der Waals surface area (Å²) in [6, 6.07) is 12.4. The Labute approximate surface area is 463 Å². The molecule has 1 amide bonds. The molecule has 2 atom stereocenters. The lowest BCUT2D eigenvalue weighted by atomic mass is 9.77. The van der Waals surface area contributed by atoms with Crippen LogP contribution in [0.25, 0.3) is 0 Å². The van der Waals surface area contributed by atoms with Crippen molar-refractivity contribution in [3.05, 3.63) is 114 Å². The van der Waals surface area contributed by atoms with Crippen molar-refractivity contribution in [2.75, 3.05) is 36.0 Å². The number of fused-ring (bicyclic) bond motifs is 2. The van der Waals surface area contributed by atoms with E-state index in [9.17, 15) is 82.6 Å². The second-order valence-electron chi connectivity index (χ2n) is 20.0. The van der Waals surface area contributed by atoms with Gasteiger partial charge in [-0.05, 0) is 101 Å². The molecule has 2 aliphatic rings. The van der Waals surface area contributed by atoms with Gasteiger partial charge < -0.3 is 40.0 Å². The molecule has 5 rings (SSSR count). The summed E-state index contributed by atoms with van der Waals surface area (Å²) in [6.45, 7) is 6.10. The smallest absolute Gasteiger partial charge is 0.369 e. The predicted octanol–water partition coefficient (Wildman–Crippen LogP) is 4.81. The van der Waals surface area contributed by atoms with E-state index in [1.807, 2.05) is 55.7 Å². The molecule has 2 aliphatic heterocycles. The molecule has 0 bridgehead atoms. The molecule has 0 aliphatic carbocycles. The zero-order valence-corrected chi connectivity index (χ0v) is 48.4. The van der Waals surface area contributed by atoms with Crippen LogP contribution >= 0.6 is 27.2 Å². The third-order valence-corrected chi connectivity index (χ3v) is 20.4. The van der Waals surface area contributed by atoms with Crippen LogP contribution in [0.5, 0.6) is 0 Å². The summed E-state index contributed by atoms with van der Waals surface area (Å²) < 4.78 is 131. The summed E-state index contributed by atoms with van der Waals surface area (Å²) >= 11 is 0.762. The van der Waals surface area contributed by atoms with Gasteiger partial charge in [-0.25, -0.2) is 9.82 Å². The molecular weight excluding hydrogens is 1160 g/mol. The molecule has 31 heteroatoms. The van der Waals surface area contributed by atoms with Crippen LogP contribution in [0.15, 0.2) is 107 Å². The van der Waals surface area contributed by atoms with Gasteiger partial charge in [0.15, 0.2) is 24.7 Å². The van der Waals surface area contributed by atoms with Crippen LogP contribution in [-0.2, 0) is 77.4 Å². The summed E-state index contributed by atoms with van der Waals surface area (Å²) in [5.41, 5.74) is 2.85. The van der Waals surface area contributed by atoms with Gasteiger partial charge in [0, 0.05) is 83.4 Å². The molecule has 11 N–H and O–H groups in total. The first-order chi connectivity index (χ1) is 36.6. The fourth-order valence-corrected chi connectivity index (χ4v) is 13.9. The average Bonchev–Trinajstić information content (AvgIpc) is 3.86. The molecule has 0 radical (unpaired) electrons. The van der Waals surface area contributed by atoms with Crippen LogP contribution in [0.2, 0.25) is 0 Å². The van der Waals surface area contributed by atoms with Crippen molar-refractivity contribution >= 4 is 80.6 Å². The number of rotatable bonds is 31. The highest BCUT2D eigenvalue weighted by atomic mass is 32.2. The first-order valence-corrected chi connectivity index (χ1v) is 33.3. The topological polar surface area (TPSA) is 397 Å². The minimum Gasteiger partial charge on any atom is -0.385 e. The van der Waals surface area contributed by atoms with Crippen molar-refractivity contribution in [2.24, 2.45) is 0 Å². The van der Waals surface area contributed by atoms with Gasteiger partial charge in [0.2, 0.25) is 11.6 Å². The van der Waals surface area contributed by atoms with Crippen LogP contribution in [0.3, 0.4) is 0 Å². The molecular formula is C48H68N4O21P2S4+2. The largest absolute Gasteiger partial charge is 0.385 e. The number of aliphatic hydroxyl groups is 2. The molecule has 2 aromatic carbocycles. The van der Waals surface area contributed by atoms with E-state index in [0.717, 1.165) is 34.7 Å². The number of unbranched alkanes of at least 4 members (excludes halogenated alkanes) is 4. The quantitative estimate of drug-likeness (QED) is 0.00602. The van der Waals surface area contributed by atoms with Gasteiger partial charge in [0.05, 0.1) is 33.9 Å². The molecule has 2 unspecified atom stereocenters. The molecule has 0 saturated carbocycles. The maximum Gasteiger partial charge on any atom is 0.369 e. The summed E-state index contributed by atoms with van der Waals surface area (Å²) in [7, 11) is -24.4. The highest BCUT2D eigenvalue weighted by Crippen LogP contribution is 2.68. The minimum atomic E-state index is -5.72. The third kappa shape index (κ3) is 17.7. The van der Waals surface area contributed by atoms with Crippen LogP contribution < -0.4 is 14.8 Å². The maximum atomic E-state index is 13.0. The second-order valence-corrected chi connectivity index (χ2v) is 29.3. The number of amides is 1. The normalized spacial score (nSPS) is 18.0. The molecule has 3 heterocycles. The lowest BCUT2D eigenvalue weighted by molar-refractivity contribution is -0.703. The molecule has 3 aromatic rings. The van der Waals surface area contributed by atoms with E-state index < -0.39 is 85.5 Å². The molecule has 0 spiro atoms. The maximum absolute atomic E-state index is 13.0. The Bertz CT molecular complexity index is 3250. The Morgan fingerprint density at radius 3 is 2.15 bits per heavy atom. The number of nitrogens with zero attached hydrogens (tertiary/aromatic N) is 3. The summed E-state index contributed by atoms with van der Waals surface area (Å²) in [5.74, 6) is -1.26. The second kappa shape index (κ2) is 26.9. The van der Waals surface area contributed by atoms with E-state index in [2.05, 4.69) is 15.3 Å². The van der Waals surface area contributed by atoms with Crippen LogP contribution in [0.4, 0.5) is 11.4 Å². The van der Waals surface area contributed by atoms with Crippen molar-refractivity contribution in [3.8, 4) is 0 Å². The van der Waals surface area contributed by atoms with Gasteiger partial charge in [-0.1, -0.05) is 36.1 Å². The highest BCUT2D eigenvalue weighted by Gasteiger charge is 2.59. The van der Waals surface area contributed by atoms with Crippen LogP contribution in [0.1, 0.15) is 95.2 Å². The number of hydrogen-bond donors (Lipinski definition) is 11. The number of carbonyl (C=O) groups excluding carboxylic acids is 1. The van der Waals surface area contributed by atoms with E-state index in [-0.39, 0.29) is 48.7 Å². The zero-order valence-electron chi connectivity index (χ0n) is 43.4. The first kappa shape index (κ1) is 65.7. The van der Waals surface area contributed by atoms with E-state index >= 15 is 0 Å². The number of allylic oxidation sites excluding steroid dienone is 6. The van der Waals surface area contributed by atoms with Crippen molar-refractivity contribution in [3.63, 3.8) is 0 Å². The van der Waals surface area contributed by atoms with Crippen molar-refractivity contribution in [2.45, 2.75) is 123 Å². The highest BCUT2D eigenvalue weighted by molar-refractivity contribution is 7.94. The van der Waals surface area contributed by atoms with E-state index in [1.165, 1.54) is 41.2 Å². The van der Waals surface area contributed by atoms with Gasteiger partial charge in [0.1, 0.15) is 12.6 Å². The summed E-state index contributed by atoms with van der Waals surface area (Å²) in [4.78, 5) is 53.4. The van der Waals surface area contributed by atoms with Gasteiger partial charge in [0.25, 0.3) is 35.4 Å². The number of nitrogens with one attached hydrogen (secondary N) is 1. The number of benzene rings is 2. The van der Waals surface area contributed by atoms with Gasteiger partial charge >= 0.3 is 15.2 Å². The predicted molar refractivity (Wildman–Crippen MR) is 290 cm³/mol. The Kier molecular flexibility index (Phi) is 22.4. The number of aliphatic hydroxyl groups excluding tert-OH is 1. The lowest BCUT2D eigenvalue weighted by Crippen LogP contribution is -2.44. The standard InChI is InChI=1S/C48H66N4O21P2S4/c1-46(2)39-30-38(79(69,70)71)20-22-41(39)51(25-10-12-27-77(63,64)65)43(46)16-6-4-7-17-44-47(3,40-29-37(76-73-72-56)19-21-42(40)52(44)26-11-13-28-78(66,67)68)23-9-5-8-18-45(54)49-32-36(53)34-50-24-14-15-35(33-50)31-48(55,74(57,58)59)75(60,61)62/h4,6-7,14-17,19-22,24,29-30,33,36,53,55H,5,8-13,18,23,25-28,31-32,34H2,1-3H3,(H7-2,49,54,56,57,58,59,60,61,62,63,64,65,66,67,68,69,70,71)/p+2. The Balaban J connectivity index is 1.34. The Morgan fingerprint density at radius 2 is 1.52 bits per heavy atom. The Hall–Kier alpha value is -4.07. The zero-order chi connectivity index (χ0) is 58.8. The molecule has 25 nitrogen and oxygen atoms in total. The molecule has 0 saturated heterocycles. The van der Waals surface area contributed by atoms with Crippen molar-refractivity contribution < 1.29 is 106 Å². The summed E-state index contributed by atoms with van der Waals surface area (Å²) in [6.07, 6.45) is 12.8. The fourth-order valence-electron chi connectivity index (χ4n) is 9.68. The van der Waals surface area contributed by atoms with E-state index in [4.69, 9.17) is 9.59 Å². The van der Waals surface area contributed by atoms with Crippen molar-refractivity contribution in [1.82, 2.24) is 5.32 Å². The fraction of sp³-hybridized carbons (Fsp3) is 0.479. The van der Waals surface area contributed by atoms with Gasteiger partial charge in [-0.15, -0.1) is 4.33 Å². The van der Waals surface area contributed by atoms with Crippen LogP contribution in [0, 0.1) is 0 Å². The number of anilines is 1. The van der Waals surface area contributed by atoms with E-state index in [1.54, 1.807) is 24.3 Å². The SMILES string of the molecule is CC1(C)C(C=CC=CC=C2N(CCCCS(=O)(=O)O)c3ccc(SOOO)cc3C2(C)CCCCCC(=O)NCC(O)C[n+]2cccc(CC(O)(P(=O)(O)O)P(=O)(O)O)c2)=[N+](CCCCS(=O)(=O)O)c2ccc(S(=O)(=O)O)cc21. The number of aromatic nitrogens is 1. The summed E-state index contributed by atoms with van der Waals surface area (Å²) in [5, 5.41) is 32.8. The van der Waals surface area contributed by atoms with Gasteiger partial charge in [-0.2, -0.15) is 29.8 Å². The number of pyridine rings is 1. The Morgan fingerprint density at radius 1 is 0.848 bits per heavy atom.